The molecular formula is C25H35N3O5. The van der Waals surface area contributed by atoms with Crippen LogP contribution in [0.5, 0.6) is 11.5 Å². The van der Waals surface area contributed by atoms with E-state index in [1.807, 2.05) is 18.7 Å². The summed E-state index contributed by atoms with van der Waals surface area (Å²) in [6.07, 6.45) is 5.67. The first-order valence-corrected chi connectivity index (χ1v) is 12.3. The number of carbonyl (C=O) groups is 3. The molecule has 2 fully saturated rings. The van der Waals surface area contributed by atoms with E-state index in [1.165, 1.54) is 0 Å². The highest BCUT2D eigenvalue weighted by atomic mass is 16.7. The fraction of sp³-hybridized carbons (Fsp3) is 0.640. The number of carbonyl (C=O) groups excluding carboxylic acids is 3. The summed E-state index contributed by atoms with van der Waals surface area (Å²) in [6, 6.07) is 4.43. The van der Waals surface area contributed by atoms with Crippen LogP contribution in [0.2, 0.25) is 0 Å². The quantitative estimate of drug-likeness (QED) is 0.680. The van der Waals surface area contributed by atoms with Crippen molar-refractivity contribution in [3.63, 3.8) is 0 Å². The van der Waals surface area contributed by atoms with Crippen molar-refractivity contribution >= 4 is 17.7 Å². The van der Waals surface area contributed by atoms with Gasteiger partial charge in [0.1, 0.15) is 6.04 Å². The summed E-state index contributed by atoms with van der Waals surface area (Å²) >= 11 is 0. The Kier molecular flexibility index (Phi) is 7.40. The molecule has 8 heteroatoms. The van der Waals surface area contributed by atoms with Crippen LogP contribution in [0.3, 0.4) is 0 Å². The molecule has 1 N–H and O–H groups in total. The van der Waals surface area contributed by atoms with Gasteiger partial charge in [0, 0.05) is 37.7 Å². The monoisotopic (exact) mass is 457 g/mol. The molecule has 1 saturated heterocycles. The Morgan fingerprint density at radius 3 is 2.36 bits per heavy atom. The molecule has 0 radical (unpaired) electrons. The van der Waals surface area contributed by atoms with E-state index in [0.717, 1.165) is 25.7 Å². The molecular weight excluding hydrogens is 422 g/mol. The average molecular weight is 458 g/mol. The molecule has 1 atom stereocenters. The summed E-state index contributed by atoms with van der Waals surface area (Å²) in [5.41, 5.74) is 0.436. The lowest BCUT2D eigenvalue weighted by atomic mass is 9.87. The Balaban J connectivity index is 1.45. The number of hydrogen-bond donors (Lipinski definition) is 1. The third-order valence-electron chi connectivity index (χ3n) is 7.29. The lowest BCUT2D eigenvalue weighted by Crippen LogP contribution is -2.55. The van der Waals surface area contributed by atoms with Gasteiger partial charge in [0.05, 0.1) is 0 Å². The van der Waals surface area contributed by atoms with Crippen LogP contribution >= 0.6 is 0 Å². The van der Waals surface area contributed by atoms with E-state index in [-0.39, 0.29) is 36.4 Å². The van der Waals surface area contributed by atoms with Crippen LogP contribution in [0.4, 0.5) is 0 Å². The molecule has 180 valence electrons. The summed E-state index contributed by atoms with van der Waals surface area (Å²) in [6.45, 7) is 6.49. The number of fused-ring (bicyclic) bond motifs is 1. The Hall–Kier alpha value is -2.77. The van der Waals surface area contributed by atoms with Crippen LogP contribution in [0.15, 0.2) is 18.2 Å². The second-order valence-electron chi connectivity index (χ2n) is 9.17. The summed E-state index contributed by atoms with van der Waals surface area (Å²) in [7, 11) is 0. The fourth-order valence-corrected chi connectivity index (χ4v) is 5.26. The molecule has 0 bridgehead atoms. The third kappa shape index (κ3) is 5.09. The highest BCUT2D eigenvalue weighted by Gasteiger charge is 2.37. The van der Waals surface area contributed by atoms with Gasteiger partial charge in [0.15, 0.2) is 11.5 Å². The molecule has 8 nitrogen and oxygen atoms in total. The largest absolute Gasteiger partial charge is 0.454 e. The van der Waals surface area contributed by atoms with Crippen LogP contribution in [0.1, 0.15) is 62.7 Å². The van der Waals surface area contributed by atoms with Crippen molar-refractivity contribution in [2.75, 3.05) is 33.0 Å². The zero-order valence-electron chi connectivity index (χ0n) is 19.7. The molecule has 3 aliphatic rings. The predicted molar refractivity (Wildman–Crippen MR) is 123 cm³/mol. The molecule has 4 rings (SSSR count). The van der Waals surface area contributed by atoms with Crippen LogP contribution in [-0.4, -0.2) is 66.5 Å². The molecule has 1 aromatic carbocycles. The first-order valence-electron chi connectivity index (χ1n) is 12.3. The number of ether oxygens (including phenoxy) is 2. The molecule has 0 spiro atoms. The van der Waals surface area contributed by atoms with Crippen molar-refractivity contribution in [3.05, 3.63) is 23.8 Å². The highest BCUT2D eigenvalue weighted by Crippen LogP contribution is 2.33. The number of hydrogen-bond acceptors (Lipinski definition) is 5. The Labute approximate surface area is 195 Å². The normalized spacial score (nSPS) is 19.4. The number of benzene rings is 1. The van der Waals surface area contributed by atoms with Gasteiger partial charge >= 0.3 is 0 Å². The van der Waals surface area contributed by atoms with Gasteiger partial charge in [-0.15, -0.1) is 0 Å². The molecule has 3 amide bonds. The van der Waals surface area contributed by atoms with E-state index in [1.54, 1.807) is 23.1 Å². The van der Waals surface area contributed by atoms with Gasteiger partial charge in [-0.1, -0.05) is 12.8 Å². The smallest absolute Gasteiger partial charge is 0.252 e. The van der Waals surface area contributed by atoms with Gasteiger partial charge in [-0.05, 0) is 63.6 Å². The van der Waals surface area contributed by atoms with Crippen molar-refractivity contribution in [1.82, 2.24) is 15.1 Å². The van der Waals surface area contributed by atoms with Crippen LogP contribution < -0.4 is 14.8 Å². The van der Waals surface area contributed by atoms with Gasteiger partial charge in [-0.3, -0.25) is 14.4 Å². The molecule has 33 heavy (non-hydrogen) atoms. The molecule has 1 aliphatic carbocycles. The van der Waals surface area contributed by atoms with E-state index in [0.29, 0.717) is 56.1 Å². The highest BCUT2D eigenvalue weighted by molar-refractivity contribution is 5.98. The maximum atomic E-state index is 13.4. The molecule has 0 aromatic heterocycles. The van der Waals surface area contributed by atoms with Crippen LogP contribution in [-0.2, 0) is 9.59 Å². The maximum absolute atomic E-state index is 13.4. The van der Waals surface area contributed by atoms with E-state index in [9.17, 15) is 14.4 Å². The second kappa shape index (κ2) is 10.4. The first-order chi connectivity index (χ1) is 16.0. The molecule has 2 aliphatic heterocycles. The number of nitrogens with one attached hydrogen (secondary N) is 1. The molecule has 0 unspecified atom stereocenters. The summed E-state index contributed by atoms with van der Waals surface area (Å²) in [4.78, 5) is 43.0. The summed E-state index contributed by atoms with van der Waals surface area (Å²) in [5, 5.41) is 3.01. The first kappa shape index (κ1) is 23.4. The fourth-order valence-electron chi connectivity index (χ4n) is 5.26. The van der Waals surface area contributed by atoms with Gasteiger partial charge in [-0.25, -0.2) is 0 Å². The Bertz CT molecular complexity index is 871. The zero-order chi connectivity index (χ0) is 23.4. The Morgan fingerprint density at radius 2 is 1.70 bits per heavy atom. The van der Waals surface area contributed by atoms with Crippen molar-refractivity contribution in [3.8, 4) is 11.5 Å². The third-order valence-corrected chi connectivity index (χ3v) is 7.29. The topological polar surface area (TPSA) is 88.2 Å². The number of likely N-dealkylation sites (N-methyl/N-ethyl adjacent to an activating group) is 1. The number of likely N-dealkylation sites (tertiary alicyclic amines) is 1. The van der Waals surface area contributed by atoms with Crippen molar-refractivity contribution in [2.45, 2.75) is 58.4 Å². The van der Waals surface area contributed by atoms with Gasteiger partial charge < -0.3 is 24.6 Å². The minimum Gasteiger partial charge on any atom is -0.454 e. The van der Waals surface area contributed by atoms with Crippen molar-refractivity contribution < 1.29 is 23.9 Å². The number of rotatable bonds is 7. The van der Waals surface area contributed by atoms with E-state index < -0.39 is 6.04 Å². The van der Waals surface area contributed by atoms with Gasteiger partial charge in [0.2, 0.25) is 18.6 Å². The number of nitrogens with zero attached hydrogens (tertiary/aromatic N) is 2. The second-order valence-corrected chi connectivity index (χ2v) is 9.17. The zero-order valence-corrected chi connectivity index (χ0v) is 19.7. The molecule has 1 saturated carbocycles. The lowest BCUT2D eigenvalue weighted by molar-refractivity contribution is -0.138. The van der Waals surface area contributed by atoms with E-state index >= 15 is 0 Å². The lowest BCUT2D eigenvalue weighted by Gasteiger charge is -2.38. The van der Waals surface area contributed by atoms with E-state index in [2.05, 4.69) is 5.32 Å². The summed E-state index contributed by atoms with van der Waals surface area (Å²) < 4.78 is 10.7. The van der Waals surface area contributed by atoms with Crippen molar-refractivity contribution in [1.29, 1.82) is 0 Å². The van der Waals surface area contributed by atoms with Crippen molar-refractivity contribution in [2.24, 2.45) is 11.8 Å². The average Bonchev–Trinajstić information content (AvgIpc) is 3.54. The predicted octanol–water partition coefficient (Wildman–Crippen LogP) is 2.81. The Morgan fingerprint density at radius 1 is 1.03 bits per heavy atom. The van der Waals surface area contributed by atoms with E-state index in [4.69, 9.17) is 9.47 Å². The van der Waals surface area contributed by atoms with Crippen LogP contribution in [0, 0.1) is 11.8 Å². The number of amides is 3. The summed E-state index contributed by atoms with van der Waals surface area (Å²) in [5.74, 6) is 1.21. The minimum atomic E-state index is -0.619. The van der Waals surface area contributed by atoms with Gasteiger partial charge in [-0.2, -0.15) is 0 Å². The van der Waals surface area contributed by atoms with Gasteiger partial charge in [0.25, 0.3) is 5.91 Å². The molecule has 1 aromatic rings. The SMILES string of the molecule is CCN(CC)C(=O)[C@H](NC(=O)c1ccc2c(c1)OCO2)C1CCN(C(=O)C2CCCC2)CC1. The minimum absolute atomic E-state index is 0.0105. The standard InChI is InChI=1S/C25H35N3O5/c1-3-27(4-2)25(31)22(26-23(29)19-9-10-20-21(15-19)33-16-32-20)17-11-13-28(14-12-17)24(30)18-7-5-6-8-18/h9-10,15,17-18,22H,3-8,11-14,16H2,1-2H3,(H,26,29)/t22-/m1/s1. The number of piperidine rings is 1. The molecule has 2 heterocycles. The van der Waals surface area contributed by atoms with Crippen LogP contribution in [0.25, 0.3) is 0 Å². The maximum Gasteiger partial charge on any atom is 0.252 e.